The second-order valence-electron chi connectivity index (χ2n) is 6.00. The molecule has 0 bridgehead atoms. The molecular formula is C17H22N4OS2. The summed E-state index contributed by atoms with van der Waals surface area (Å²) in [5.74, 6) is 0.491. The van der Waals surface area contributed by atoms with Gasteiger partial charge in [-0.2, -0.15) is 0 Å². The fourth-order valence-corrected chi connectivity index (χ4v) is 4.37. The van der Waals surface area contributed by atoms with Crippen molar-refractivity contribution in [2.24, 2.45) is 0 Å². The topological polar surface area (TPSA) is 66.9 Å². The molecule has 0 unspecified atom stereocenters. The number of thioether (sulfide) groups is 1. The summed E-state index contributed by atoms with van der Waals surface area (Å²) in [5.41, 5.74) is 2.19. The van der Waals surface area contributed by atoms with Crippen molar-refractivity contribution in [3.8, 4) is 0 Å². The number of carbonyl (C=O) groups is 1. The zero-order valence-electron chi connectivity index (χ0n) is 13.7. The number of aromatic nitrogens is 2. The Kier molecular flexibility index (Phi) is 6.09. The lowest BCUT2D eigenvalue weighted by molar-refractivity contribution is -0.119. The van der Waals surface area contributed by atoms with E-state index in [4.69, 9.17) is 0 Å². The zero-order valence-corrected chi connectivity index (χ0v) is 15.4. The zero-order chi connectivity index (χ0) is 16.8. The van der Waals surface area contributed by atoms with Gasteiger partial charge in [0.05, 0.1) is 5.75 Å². The van der Waals surface area contributed by atoms with Gasteiger partial charge in [-0.3, -0.25) is 4.79 Å². The van der Waals surface area contributed by atoms with Gasteiger partial charge in [0, 0.05) is 11.7 Å². The molecule has 0 aliphatic heterocycles. The molecule has 128 valence electrons. The van der Waals surface area contributed by atoms with E-state index in [0.717, 1.165) is 33.6 Å². The highest BCUT2D eigenvalue weighted by Crippen LogP contribution is 2.28. The number of anilines is 2. The van der Waals surface area contributed by atoms with Crippen molar-refractivity contribution in [3.63, 3.8) is 0 Å². The molecule has 1 saturated carbocycles. The van der Waals surface area contributed by atoms with Gasteiger partial charge < -0.3 is 10.6 Å². The minimum atomic E-state index is 0.0931. The number of rotatable bonds is 6. The van der Waals surface area contributed by atoms with Crippen LogP contribution in [0.25, 0.3) is 0 Å². The molecule has 1 fully saturated rings. The van der Waals surface area contributed by atoms with E-state index in [0.29, 0.717) is 11.8 Å². The summed E-state index contributed by atoms with van der Waals surface area (Å²) in [6.45, 7) is 2.05. The molecule has 1 aliphatic carbocycles. The first-order valence-electron chi connectivity index (χ1n) is 8.29. The third-order valence-electron chi connectivity index (χ3n) is 4.09. The first kappa shape index (κ1) is 17.2. The van der Waals surface area contributed by atoms with Crippen molar-refractivity contribution in [3.05, 3.63) is 29.8 Å². The maximum absolute atomic E-state index is 12.0. The number of para-hydroxylation sites is 1. The second kappa shape index (κ2) is 8.48. The maximum atomic E-state index is 12.0. The van der Waals surface area contributed by atoms with E-state index >= 15 is 0 Å². The Balaban J connectivity index is 1.47. The lowest BCUT2D eigenvalue weighted by atomic mass is 9.95. The van der Waals surface area contributed by atoms with Crippen molar-refractivity contribution < 1.29 is 4.79 Å². The monoisotopic (exact) mass is 362 g/mol. The molecule has 1 aromatic heterocycles. The lowest BCUT2D eigenvalue weighted by Gasteiger charge is -2.22. The van der Waals surface area contributed by atoms with Gasteiger partial charge in [0.1, 0.15) is 0 Å². The van der Waals surface area contributed by atoms with Gasteiger partial charge in [-0.25, -0.2) is 0 Å². The number of benzene rings is 1. The predicted octanol–water partition coefficient (Wildman–Crippen LogP) is 4.13. The minimum Gasteiger partial charge on any atom is -0.353 e. The van der Waals surface area contributed by atoms with Crippen molar-refractivity contribution >= 4 is 39.8 Å². The van der Waals surface area contributed by atoms with E-state index in [1.165, 1.54) is 42.4 Å². The van der Waals surface area contributed by atoms with E-state index < -0.39 is 0 Å². The summed E-state index contributed by atoms with van der Waals surface area (Å²) in [6, 6.07) is 8.42. The molecule has 5 nitrogen and oxygen atoms in total. The average Bonchev–Trinajstić information content (AvgIpc) is 3.04. The highest BCUT2D eigenvalue weighted by atomic mass is 32.2. The highest BCUT2D eigenvalue weighted by Gasteiger charge is 2.16. The molecule has 1 aromatic carbocycles. The second-order valence-corrected chi connectivity index (χ2v) is 8.20. The van der Waals surface area contributed by atoms with Crippen LogP contribution in [0.2, 0.25) is 0 Å². The molecule has 24 heavy (non-hydrogen) atoms. The standard InChI is InChI=1S/C17H22N4OS2/c1-12-7-5-6-10-14(12)19-16-20-21-17(24-16)23-11-15(22)18-13-8-3-2-4-9-13/h5-7,10,13H,2-4,8-9,11H2,1H3,(H,18,22)(H,19,20). The molecule has 0 saturated heterocycles. The summed E-state index contributed by atoms with van der Waals surface area (Å²) < 4.78 is 0.810. The maximum Gasteiger partial charge on any atom is 0.230 e. The van der Waals surface area contributed by atoms with Gasteiger partial charge in [0.2, 0.25) is 11.0 Å². The van der Waals surface area contributed by atoms with Crippen LogP contribution in [0.3, 0.4) is 0 Å². The summed E-state index contributed by atoms with van der Waals surface area (Å²) in [7, 11) is 0. The molecule has 3 rings (SSSR count). The molecule has 0 spiro atoms. The Morgan fingerprint density at radius 2 is 2.04 bits per heavy atom. The number of aryl methyl sites for hydroxylation is 1. The first-order chi connectivity index (χ1) is 11.7. The molecule has 0 radical (unpaired) electrons. The third-order valence-corrected chi connectivity index (χ3v) is 6.06. The number of hydrogen-bond donors (Lipinski definition) is 2. The Bertz CT molecular complexity index is 683. The SMILES string of the molecule is Cc1ccccc1Nc1nnc(SCC(=O)NC2CCCCC2)s1. The van der Waals surface area contributed by atoms with Gasteiger partial charge in [0.25, 0.3) is 0 Å². The van der Waals surface area contributed by atoms with E-state index in [-0.39, 0.29) is 5.91 Å². The smallest absolute Gasteiger partial charge is 0.230 e. The van der Waals surface area contributed by atoms with Crippen LogP contribution in [0, 0.1) is 6.92 Å². The van der Waals surface area contributed by atoms with Crippen molar-refractivity contribution in [2.45, 2.75) is 49.4 Å². The Labute approximate surface area is 150 Å². The van der Waals surface area contributed by atoms with Crippen molar-refractivity contribution in [1.29, 1.82) is 0 Å². The Hall–Kier alpha value is -1.60. The fraction of sp³-hybridized carbons (Fsp3) is 0.471. The Morgan fingerprint density at radius 1 is 1.25 bits per heavy atom. The Morgan fingerprint density at radius 3 is 2.83 bits per heavy atom. The van der Waals surface area contributed by atoms with E-state index in [1.807, 2.05) is 18.2 Å². The molecule has 7 heteroatoms. The number of nitrogens with one attached hydrogen (secondary N) is 2. The molecule has 1 heterocycles. The van der Waals surface area contributed by atoms with Crippen LogP contribution < -0.4 is 10.6 Å². The molecule has 1 amide bonds. The summed E-state index contributed by atoms with van der Waals surface area (Å²) in [5, 5.41) is 15.5. The third kappa shape index (κ3) is 4.95. The normalized spacial score (nSPS) is 15.2. The van der Waals surface area contributed by atoms with Crippen LogP contribution in [0.4, 0.5) is 10.8 Å². The van der Waals surface area contributed by atoms with Crippen molar-refractivity contribution in [1.82, 2.24) is 15.5 Å². The van der Waals surface area contributed by atoms with Crippen LogP contribution >= 0.6 is 23.1 Å². The number of carbonyl (C=O) groups excluding carboxylic acids is 1. The predicted molar refractivity (Wildman–Crippen MR) is 100 cm³/mol. The number of nitrogens with zero attached hydrogens (tertiary/aromatic N) is 2. The fourth-order valence-electron chi connectivity index (χ4n) is 2.79. The summed E-state index contributed by atoms with van der Waals surface area (Å²) in [6.07, 6.45) is 5.97. The van der Waals surface area contributed by atoms with Crippen LogP contribution in [0.15, 0.2) is 28.6 Å². The van der Waals surface area contributed by atoms with Gasteiger partial charge >= 0.3 is 0 Å². The van der Waals surface area contributed by atoms with Crippen LogP contribution in [-0.2, 0) is 4.79 Å². The summed E-state index contributed by atoms with van der Waals surface area (Å²) in [4.78, 5) is 12.0. The van der Waals surface area contributed by atoms with E-state index in [9.17, 15) is 4.79 Å². The highest BCUT2D eigenvalue weighted by molar-refractivity contribution is 8.01. The van der Waals surface area contributed by atoms with Crippen LogP contribution in [-0.4, -0.2) is 27.9 Å². The average molecular weight is 363 g/mol. The lowest BCUT2D eigenvalue weighted by Crippen LogP contribution is -2.37. The molecule has 2 N–H and O–H groups in total. The van der Waals surface area contributed by atoms with Crippen LogP contribution in [0.5, 0.6) is 0 Å². The molecule has 0 atom stereocenters. The van der Waals surface area contributed by atoms with E-state index in [2.05, 4.69) is 33.8 Å². The quantitative estimate of drug-likeness (QED) is 0.756. The first-order valence-corrected chi connectivity index (χ1v) is 10.1. The molecule has 2 aromatic rings. The van der Waals surface area contributed by atoms with Gasteiger partial charge in [0.15, 0.2) is 4.34 Å². The van der Waals surface area contributed by atoms with Gasteiger partial charge in [-0.1, -0.05) is 60.6 Å². The molecule has 1 aliphatic rings. The number of hydrogen-bond acceptors (Lipinski definition) is 6. The molecular weight excluding hydrogens is 340 g/mol. The van der Waals surface area contributed by atoms with Gasteiger partial charge in [-0.15, -0.1) is 10.2 Å². The largest absolute Gasteiger partial charge is 0.353 e. The summed E-state index contributed by atoms with van der Waals surface area (Å²) >= 11 is 2.92. The van der Waals surface area contributed by atoms with Gasteiger partial charge in [-0.05, 0) is 31.4 Å². The van der Waals surface area contributed by atoms with E-state index in [1.54, 1.807) is 0 Å². The minimum absolute atomic E-state index is 0.0931. The van der Waals surface area contributed by atoms with Crippen molar-refractivity contribution in [2.75, 3.05) is 11.1 Å². The number of amides is 1. The van der Waals surface area contributed by atoms with Crippen LogP contribution in [0.1, 0.15) is 37.7 Å².